The van der Waals surface area contributed by atoms with E-state index in [0.29, 0.717) is 10.7 Å². The maximum absolute atomic E-state index is 12.2. The Morgan fingerprint density at radius 2 is 2.00 bits per heavy atom. The molecule has 1 amide bonds. The van der Waals surface area contributed by atoms with E-state index in [1.165, 1.54) is 4.90 Å². The van der Waals surface area contributed by atoms with Gasteiger partial charge < -0.3 is 10.0 Å². The number of carboxylic acids is 1. The number of hydrogen-bond acceptors (Lipinski definition) is 5. The van der Waals surface area contributed by atoms with Gasteiger partial charge >= 0.3 is 5.97 Å². The zero-order valence-electron chi connectivity index (χ0n) is 11.0. The van der Waals surface area contributed by atoms with Gasteiger partial charge in [-0.05, 0) is 36.2 Å². The van der Waals surface area contributed by atoms with E-state index in [-0.39, 0.29) is 17.9 Å². The lowest BCUT2D eigenvalue weighted by molar-refractivity contribution is -0.117. The molecule has 0 saturated heterocycles. The molecule has 0 atom stereocenters. The molecule has 2 aromatic rings. The zero-order valence-corrected chi connectivity index (χ0v) is 11.8. The number of carbonyl (C=O) groups excluding carboxylic acids is 1. The first-order valence-corrected chi connectivity index (χ1v) is 6.63. The number of aromatic nitrogens is 2. The number of amides is 1. The lowest BCUT2D eigenvalue weighted by atomic mass is 10.2. The molecule has 0 aliphatic rings. The summed E-state index contributed by atoms with van der Waals surface area (Å²) in [7, 11) is 1.56. The fourth-order valence-electron chi connectivity index (χ4n) is 1.74. The molecule has 0 radical (unpaired) electrons. The third-order valence-corrected chi connectivity index (χ3v) is 3.86. The molecule has 0 spiro atoms. The van der Waals surface area contributed by atoms with Crippen molar-refractivity contribution < 1.29 is 14.7 Å². The van der Waals surface area contributed by atoms with E-state index >= 15 is 0 Å². The zero-order chi connectivity index (χ0) is 14.7. The summed E-state index contributed by atoms with van der Waals surface area (Å²) in [5, 5.41) is 9.53. The number of nitrogens with zero attached hydrogens (tertiary/aromatic N) is 3. The van der Waals surface area contributed by atoms with E-state index in [2.05, 4.69) is 9.36 Å². The van der Waals surface area contributed by atoms with E-state index in [4.69, 9.17) is 0 Å². The smallest absolute Gasteiger partial charge is 0.340 e. The van der Waals surface area contributed by atoms with E-state index in [1.54, 1.807) is 38.5 Å². The van der Waals surface area contributed by atoms with Gasteiger partial charge in [0.1, 0.15) is 10.6 Å². The van der Waals surface area contributed by atoms with E-state index < -0.39 is 5.97 Å². The van der Waals surface area contributed by atoms with E-state index in [1.807, 2.05) is 0 Å². The first-order valence-electron chi connectivity index (χ1n) is 5.85. The summed E-state index contributed by atoms with van der Waals surface area (Å²) in [6.45, 7) is 1.62. The molecule has 0 saturated carbocycles. The van der Waals surface area contributed by atoms with Crippen LogP contribution in [-0.4, -0.2) is 33.4 Å². The summed E-state index contributed by atoms with van der Waals surface area (Å²) in [6.07, 6.45) is 3.42. The highest BCUT2D eigenvalue weighted by Crippen LogP contribution is 2.28. The molecule has 2 rings (SSSR count). The number of anilines is 1. The fourth-order valence-corrected chi connectivity index (χ4v) is 2.61. The summed E-state index contributed by atoms with van der Waals surface area (Å²) in [4.78, 5) is 28.6. The molecular weight excluding hydrogens is 278 g/mol. The molecule has 20 heavy (non-hydrogen) atoms. The Labute approximate surface area is 119 Å². The van der Waals surface area contributed by atoms with Crippen molar-refractivity contribution in [1.29, 1.82) is 0 Å². The van der Waals surface area contributed by atoms with Gasteiger partial charge in [0.25, 0.3) is 0 Å². The molecule has 0 fully saturated rings. The molecule has 0 bridgehead atoms. The molecule has 2 aromatic heterocycles. The van der Waals surface area contributed by atoms with Gasteiger partial charge in [-0.3, -0.25) is 9.78 Å². The van der Waals surface area contributed by atoms with Gasteiger partial charge in [-0.2, -0.15) is 4.37 Å². The van der Waals surface area contributed by atoms with Crippen LogP contribution in [0.25, 0.3) is 0 Å². The van der Waals surface area contributed by atoms with Gasteiger partial charge in [-0.1, -0.05) is 0 Å². The highest BCUT2D eigenvalue weighted by molar-refractivity contribution is 7.11. The molecule has 0 aliphatic heterocycles. The number of carbonyl (C=O) groups is 2. The maximum atomic E-state index is 12.2. The Kier molecular flexibility index (Phi) is 4.09. The quantitative estimate of drug-likeness (QED) is 0.927. The van der Waals surface area contributed by atoms with Crippen molar-refractivity contribution in [2.75, 3.05) is 11.9 Å². The van der Waals surface area contributed by atoms with Crippen LogP contribution in [0, 0.1) is 6.92 Å². The van der Waals surface area contributed by atoms with Crippen molar-refractivity contribution in [2.24, 2.45) is 0 Å². The van der Waals surface area contributed by atoms with E-state index in [9.17, 15) is 14.7 Å². The van der Waals surface area contributed by atoms with Crippen molar-refractivity contribution in [2.45, 2.75) is 13.3 Å². The minimum atomic E-state index is -1.07. The second-order valence-corrected chi connectivity index (χ2v) is 4.99. The first kappa shape index (κ1) is 14.1. The van der Waals surface area contributed by atoms with Crippen molar-refractivity contribution in [1.82, 2.24) is 9.36 Å². The van der Waals surface area contributed by atoms with Gasteiger partial charge in [-0.25, -0.2) is 4.79 Å². The Balaban J connectivity index is 2.21. The standard InChI is InChI=1S/C13H13N3O3S/c1-8-11(13(18)19)12(20-15-8)16(2)10(17)7-9-3-5-14-6-4-9/h3-6H,7H2,1-2H3,(H,18,19). The van der Waals surface area contributed by atoms with E-state index in [0.717, 1.165) is 17.1 Å². The van der Waals surface area contributed by atoms with Crippen LogP contribution in [0.2, 0.25) is 0 Å². The molecule has 0 aliphatic carbocycles. The van der Waals surface area contributed by atoms with Crippen LogP contribution < -0.4 is 4.90 Å². The van der Waals surface area contributed by atoms with Gasteiger partial charge in [0.15, 0.2) is 0 Å². The second-order valence-electron chi connectivity index (χ2n) is 4.24. The lowest BCUT2D eigenvalue weighted by Crippen LogP contribution is -2.28. The molecular formula is C13H13N3O3S. The number of carboxylic acid groups (broad SMARTS) is 1. The van der Waals surface area contributed by atoms with Gasteiger partial charge in [0.05, 0.1) is 12.1 Å². The highest BCUT2D eigenvalue weighted by atomic mass is 32.1. The lowest BCUT2D eigenvalue weighted by Gasteiger charge is -2.15. The topological polar surface area (TPSA) is 83.4 Å². The third-order valence-electron chi connectivity index (χ3n) is 2.84. The third kappa shape index (κ3) is 2.83. The molecule has 2 heterocycles. The Morgan fingerprint density at radius 3 is 2.60 bits per heavy atom. The Bertz CT molecular complexity index is 640. The van der Waals surface area contributed by atoms with Gasteiger partial charge in [-0.15, -0.1) is 0 Å². The number of rotatable bonds is 4. The van der Waals surface area contributed by atoms with Crippen LogP contribution in [0.15, 0.2) is 24.5 Å². The van der Waals surface area contributed by atoms with Crippen LogP contribution in [0.1, 0.15) is 21.6 Å². The van der Waals surface area contributed by atoms with Crippen molar-refractivity contribution in [3.8, 4) is 0 Å². The van der Waals surface area contributed by atoms with Crippen molar-refractivity contribution in [3.63, 3.8) is 0 Å². The summed E-state index contributed by atoms with van der Waals surface area (Å²) < 4.78 is 4.01. The predicted molar refractivity (Wildman–Crippen MR) is 75.2 cm³/mol. The normalized spacial score (nSPS) is 10.3. The van der Waals surface area contributed by atoms with Crippen LogP contribution in [-0.2, 0) is 11.2 Å². The average Bonchev–Trinajstić information content (AvgIpc) is 2.81. The summed E-state index contributed by atoms with van der Waals surface area (Å²) in [5.41, 5.74) is 1.33. The molecule has 1 N–H and O–H groups in total. The number of aromatic carboxylic acids is 1. The molecule has 6 nitrogen and oxygen atoms in total. The first-order chi connectivity index (χ1) is 9.50. The number of pyridine rings is 1. The summed E-state index contributed by atoms with van der Waals surface area (Å²) in [5.74, 6) is -1.27. The second kappa shape index (κ2) is 5.79. The number of aryl methyl sites for hydroxylation is 1. The largest absolute Gasteiger partial charge is 0.478 e. The van der Waals surface area contributed by atoms with Crippen molar-refractivity contribution >= 4 is 28.4 Å². The molecule has 7 heteroatoms. The predicted octanol–water partition coefficient (Wildman–Crippen LogP) is 1.75. The summed E-state index contributed by atoms with van der Waals surface area (Å²) in [6, 6.07) is 3.50. The van der Waals surface area contributed by atoms with Crippen LogP contribution >= 0.6 is 11.5 Å². The monoisotopic (exact) mass is 291 g/mol. The molecule has 0 unspecified atom stereocenters. The minimum Gasteiger partial charge on any atom is -0.478 e. The maximum Gasteiger partial charge on any atom is 0.340 e. The van der Waals surface area contributed by atoms with Crippen LogP contribution in [0.4, 0.5) is 5.00 Å². The Hall–Kier alpha value is -2.28. The highest BCUT2D eigenvalue weighted by Gasteiger charge is 2.23. The van der Waals surface area contributed by atoms with Gasteiger partial charge in [0, 0.05) is 19.4 Å². The summed E-state index contributed by atoms with van der Waals surface area (Å²) >= 11 is 1.01. The number of hydrogen-bond donors (Lipinski definition) is 1. The number of likely N-dealkylation sites (N-methyl/N-ethyl adjacent to an activating group) is 1. The van der Waals surface area contributed by atoms with Crippen LogP contribution in [0.3, 0.4) is 0 Å². The van der Waals surface area contributed by atoms with Crippen molar-refractivity contribution in [3.05, 3.63) is 41.3 Å². The SMILES string of the molecule is Cc1nsc(N(C)C(=O)Cc2ccncc2)c1C(=O)O. The molecule has 104 valence electrons. The fraction of sp³-hybridized carbons (Fsp3) is 0.231. The van der Waals surface area contributed by atoms with Crippen LogP contribution in [0.5, 0.6) is 0 Å². The molecule has 0 aromatic carbocycles. The van der Waals surface area contributed by atoms with Gasteiger partial charge in [0.2, 0.25) is 5.91 Å². The minimum absolute atomic E-state index is 0.0839. The average molecular weight is 291 g/mol. The Morgan fingerprint density at radius 1 is 1.35 bits per heavy atom.